The van der Waals surface area contributed by atoms with Crippen LogP contribution in [-0.2, 0) is 9.68 Å². The number of rotatable bonds is 4. The van der Waals surface area contributed by atoms with E-state index < -0.39 is 0 Å². The Balaban J connectivity index is 4.83. The molecule has 0 atom stereocenters. The molecule has 0 aromatic carbocycles. The van der Waals surface area contributed by atoms with Crippen LogP contribution < -0.4 is 0 Å². The van der Waals surface area contributed by atoms with Crippen LogP contribution >= 0.6 is 0 Å². The van der Waals surface area contributed by atoms with E-state index in [9.17, 15) is 0 Å². The molecule has 6 heteroatoms. The zero-order valence-electron chi connectivity index (χ0n) is 8.11. The van der Waals surface area contributed by atoms with E-state index >= 15 is 0 Å². The summed E-state index contributed by atoms with van der Waals surface area (Å²) in [6.07, 6.45) is 0. The van der Waals surface area contributed by atoms with E-state index in [1.165, 1.54) is 14.2 Å². The highest BCUT2D eigenvalue weighted by atomic mass is 16.6. The van der Waals surface area contributed by atoms with Gasteiger partial charge in [-0.3, -0.25) is 0 Å². The molecule has 13 heavy (non-hydrogen) atoms. The maximum absolute atomic E-state index is 8.50. The van der Waals surface area contributed by atoms with Gasteiger partial charge in [-0.05, 0) is 13.8 Å². The van der Waals surface area contributed by atoms with Crippen molar-refractivity contribution in [3.05, 3.63) is 0 Å². The average Bonchev–Trinajstić information content (AvgIpc) is 2.13. The van der Waals surface area contributed by atoms with Crippen molar-refractivity contribution in [3.63, 3.8) is 0 Å². The van der Waals surface area contributed by atoms with E-state index in [1.54, 1.807) is 13.8 Å². The van der Waals surface area contributed by atoms with Gasteiger partial charge >= 0.3 is 0 Å². The van der Waals surface area contributed by atoms with Gasteiger partial charge in [0.15, 0.2) is 5.71 Å². The van der Waals surface area contributed by atoms with Gasteiger partial charge in [-0.2, -0.15) is 0 Å². The second-order valence-electron chi connectivity index (χ2n) is 2.17. The van der Waals surface area contributed by atoms with E-state index in [1.807, 2.05) is 0 Å². The molecule has 0 unspecified atom stereocenters. The first kappa shape index (κ1) is 11.4. The number of hydrogen-bond acceptors (Lipinski definition) is 6. The minimum atomic E-state index is 0.306. The Hall–Kier alpha value is -1.59. The molecule has 0 saturated carbocycles. The summed E-state index contributed by atoms with van der Waals surface area (Å²) in [4.78, 5) is 9.09. The predicted octanol–water partition coefficient (Wildman–Crippen LogP) is 0.861. The third kappa shape index (κ3) is 3.55. The minimum Gasteiger partial charge on any atom is -0.411 e. The molecule has 0 saturated heterocycles. The van der Waals surface area contributed by atoms with E-state index in [-0.39, 0.29) is 0 Å². The van der Waals surface area contributed by atoms with Crippen molar-refractivity contribution >= 4 is 17.1 Å². The van der Waals surface area contributed by atoms with Gasteiger partial charge in [0, 0.05) is 0 Å². The lowest BCUT2D eigenvalue weighted by atomic mass is 10.2. The van der Waals surface area contributed by atoms with Crippen molar-refractivity contribution in [3.8, 4) is 0 Å². The topological polar surface area (TPSA) is 75.8 Å². The molecule has 74 valence electrons. The average molecular weight is 187 g/mol. The third-order valence-electron chi connectivity index (χ3n) is 1.25. The van der Waals surface area contributed by atoms with Crippen molar-refractivity contribution in [2.24, 2.45) is 15.5 Å². The second kappa shape index (κ2) is 5.99. The maximum Gasteiger partial charge on any atom is 0.151 e. The van der Waals surface area contributed by atoms with E-state index in [4.69, 9.17) is 5.21 Å². The Morgan fingerprint density at radius 2 is 1.54 bits per heavy atom. The molecule has 0 aromatic heterocycles. The van der Waals surface area contributed by atoms with Crippen molar-refractivity contribution in [1.29, 1.82) is 0 Å². The molecule has 6 nitrogen and oxygen atoms in total. The maximum atomic E-state index is 8.50. The zero-order valence-corrected chi connectivity index (χ0v) is 8.11. The van der Waals surface area contributed by atoms with Crippen LogP contribution in [0.1, 0.15) is 13.8 Å². The van der Waals surface area contributed by atoms with E-state index in [2.05, 4.69) is 25.1 Å². The summed E-state index contributed by atoms with van der Waals surface area (Å²) in [7, 11) is 2.81. The number of hydrogen-bond donors (Lipinski definition) is 1. The van der Waals surface area contributed by atoms with Crippen LogP contribution in [0.15, 0.2) is 15.5 Å². The predicted molar refractivity (Wildman–Crippen MR) is 49.5 cm³/mol. The van der Waals surface area contributed by atoms with Gasteiger partial charge in [0.1, 0.15) is 25.6 Å². The molecule has 0 aliphatic rings. The third-order valence-corrected chi connectivity index (χ3v) is 1.25. The summed E-state index contributed by atoms with van der Waals surface area (Å²) in [6.45, 7) is 3.24. The van der Waals surface area contributed by atoms with E-state index in [0.717, 1.165) is 0 Å². The summed E-state index contributed by atoms with van der Waals surface area (Å²) < 4.78 is 0. The van der Waals surface area contributed by atoms with Crippen LogP contribution in [0.4, 0.5) is 0 Å². The summed E-state index contributed by atoms with van der Waals surface area (Å²) in [5.74, 6) is 0. The molecular formula is C7H13N3O3. The molecule has 0 heterocycles. The lowest BCUT2D eigenvalue weighted by Crippen LogP contribution is -2.20. The standard InChI is InChI=1S/C7H13N3O3/c1-5(8-11)7(10-13-4)6(2)9-12-3/h11H,1-4H3/b8-5+,9-6+,10-7-. The normalized spacial score (nSPS) is 14.3. The largest absolute Gasteiger partial charge is 0.411 e. The summed E-state index contributed by atoms with van der Waals surface area (Å²) in [6, 6.07) is 0. The fraction of sp³-hybridized carbons (Fsp3) is 0.571. The fourth-order valence-corrected chi connectivity index (χ4v) is 0.713. The Kier molecular flexibility index (Phi) is 5.25. The highest BCUT2D eigenvalue weighted by molar-refractivity contribution is 6.67. The van der Waals surface area contributed by atoms with Gasteiger partial charge < -0.3 is 14.9 Å². The molecule has 0 aromatic rings. The highest BCUT2D eigenvalue weighted by Gasteiger charge is 2.10. The van der Waals surface area contributed by atoms with Crippen molar-refractivity contribution < 1.29 is 14.9 Å². The SMILES string of the molecule is CO/N=C(C(/C)=N/O)\C(C)=N\OC. The van der Waals surface area contributed by atoms with Gasteiger partial charge in [0.2, 0.25) is 0 Å². The quantitative estimate of drug-likeness (QED) is 0.403. The summed E-state index contributed by atoms with van der Waals surface area (Å²) >= 11 is 0. The Morgan fingerprint density at radius 1 is 1.00 bits per heavy atom. The Morgan fingerprint density at radius 3 is 1.92 bits per heavy atom. The lowest BCUT2D eigenvalue weighted by molar-refractivity contribution is 0.210. The van der Waals surface area contributed by atoms with Gasteiger partial charge in [0.25, 0.3) is 0 Å². The van der Waals surface area contributed by atoms with Crippen LogP contribution in [0.25, 0.3) is 0 Å². The first-order valence-electron chi connectivity index (χ1n) is 3.55. The summed E-state index contributed by atoms with van der Waals surface area (Å²) in [5.41, 5.74) is 1.12. The first-order chi connectivity index (χ1) is 6.17. The van der Waals surface area contributed by atoms with Crippen LogP contribution in [-0.4, -0.2) is 36.6 Å². The van der Waals surface area contributed by atoms with Gasteiger partial charge in [-0.1, -0.05) is 15.5 Å². The second-order valence-corrected chi connectivity index (χ2v) is 2.17. The van der Waals surface area contributed by atoms with Crippen molar-refractivity contribution in [2.75, 3.05) is 14.2 Å². The molecule has 0 amide bonds. The number of oxime groups is 3. The smallest absolute Gasteiger partial charge is 0.151 e. The molecule has 0 rings (SSSR count). The van der Waals surface area contributed by atoms with Crippen molar-refractivity contribution in [1.82, 2.24) is 0 Å². The van der Waals surface area contributed by atoms with Crippen molar-refractivity contribution in [2.45, 2.75) is 13.8 Å². The Labute approximate surface area is 76.5 Å². The first-order valence-corrected chi connectivity index (χ1v) is 3.55. The molecule has 0 bridgehead atoms. The van der Waals surface area contributed by atoms with E-state index in [0.29, 0.717) is 17.1 Å². The molecule has 0 aliphatic heterocycles. The van der Waals surface area contributed by atoms with Crippen LogP contribution in [0, 0.1) is 0 Å². The van der Waals surface area contributed by atoms with Crippen LogP contribution in [0.3, 0.4) is 0 Å². The fourth-order valence-electron chi connectivity index (χ4n) is 0.713. The highest BCUT2D eigenvalue weighted by Crippen LogP contribution is 1.91. The molecule has 0 radical (unpaired) electrons. The summed E-state index contributed by atoms with van der Waals surface area (Å²) in [5, 5.41) is 18.7. The molecule has 1 N–H and O–H groups in total. The molecular weight excluding hydrogens is 174 g/mol. The van der Waals surface area contributed by atoms with Gasteiger partial charge in [-0.15, -0.1) is 0 Å². The Bertz CT molecular complexity index is 245. The minimum absolute atomic E-state index is 0.306. The number of nitrogens with zero attached hydrogens (tertiary/aromatic N) is 3. The molecule has 0 aliphatic carbocycles. The van der Waals surface area contributed by atoms with Gasteiger partial charge in [-0.25, -0.2) is 0 Å². The lowest BCUT2D eigenvalue weighted by Gasteiger charge is -2.01. The van der Waals surface area contributed by atoms with Crippen LogP contribution in [0.2, 0.25) is 0 Å². The van der Waals surface area contributed by atoms with Crippen LogP contribution in [0.5, 0.6) is 0 Å². The molecule has 0 spiro atoms. The monoisotopic (exact) mass is 187 g/mol. The molecule has 0 fully saturated rings. The van der Waals surface area contributed by atoms with Gasteiger partial charge in [0.05, 0.1) is 0 Å². The zero-order chi connectivity index (χ0) is 10.3.